The molecule has 2 N–H and O–H groups in total. The number of hydrogen-bond acceptors (Lipinski definition) is 2. The molecule has 2 atom stereocenters. The second kappa shape index (κ2) is 5.47. The van der Waals surface area contributed by atoms with Crippen LogP contribution in [0.2, 0.25) is 0 Å². The van der Waals surface area contributed by atoms with E-state index >= 15 is 0 Å². The maximum absolute atomic E-state index is 12.9. The van der Waals surface area contributed by atoms with E-state index in [9.17, 15) is 9.59 Å². The predicted octanol–water partition coefficient (Wildman–Crippen LogP) is 2.83. The van der Waals surface area contributed by atoms with Crippen LogP contribution in [0.1, 0.15) is 57.8 Å². The van der Waals surface area contributed by atoms with E-state index < -0.39 is 0 Å². The van der Waals surface area contributed by atoms with Gasteiger partial charge in [-0.1, -0.05) is 15.9 Å². The molecule has 4 saturated carbocycles. The molecule has 0 aromatic rings. The molecule has 2 unspecified atom stereocenters. The van der Waals surface area contributed by atoms with Gasteiger partial charge in [-0.2, -0.15) is 0 Å². The number of piperidine rings is 1. The van der Waals surface area contributed by atoms with E-state index in [4.69, 9.17) is 5.73 Å². The quantitative estimate of drug-likeness (QED) is 0.762. The van der Waals surface area contributed by atoms with Crippen LogP contribution in [0.25, 0.3) is 0 Å². The van der Waals surface area contributed by atoms with Gasteiger partial charge in [-0.05, 0) is 68.6 Å². The lowest BCUT2D eigenvalue weighted by atomic mass is 9.48. The number of hydrogen-bond donors (Lipinski definition) is 1. The Balaban J connectivity index is 1.40. The summed E-state index contributed by atoms with van der Waals surface area (Å²) in [4.78, 5) is 26.1. The van der Waals surface area contributed by atoms with Gasteiger partial charge in [0.25, 0.3) is 0 Å². The van der Waals surface area contributed by atoms with Crippen molar-refractivity contribution in [1.29, 1.82) is 0 Å². The molecule has 0 radical (unpaired) electrons. The van der Waals surface area contributed by atoms with Crippen molar-refractivity contribution in [3.63, 3.8) is 0 Å². The van der Waals surface area contributed by atoms with Crippen molar-refractivity contribution in [3.8, 4) is 0 Å². The van der Waals surface area contributed by atoms with Crippen LogP contribution in [0.4, 0.5) is 0 Å². The van der Waals surface area contributed by atoms with Gasteiger partial charge in [-0.25, -0.2) is 0 Å². The number of amides is 2. The lowest BCUT2D eigenvalue weighted by molar-refractivity contribution is -0.141. The Morgan fingerprint density at radius 1 is 1.09 bits per heavy atom. The fourth-order valence-electron chi connectivity index (χ4n) is 6.39. The Morgan fingerprint density at radius 2 is 1.70 bits per heavy atom. The molecular weight excluding hydrogens is 356 g/mol. The summed E-state index contributed by atoms with van der Waals surface area (Å²) in [6.07, 6.45) is 9.87. The number of nitrogens with zero attached hydrogens (tertiary/aromatic N) is 1. The number of halogens is 1. The number of alkyl halides is 1. The van der Waals surface area contributed by atoms with E-state index in [0.717, 1.165) is 24.7 Å². The summed E-state index contributed by atoms with van der Waals surface area (Å²) in [6.45, 7) is 1.41. The first-order valence-electron chi connectivity index (χ1n) is 9.13. The standard InChI is InChI=1S/C18H27BrN2O2/c19-18-8-12-5-13(9-18)7-17(6-12,11-18)10-15(22)21-3-1-14(2-4-21)16(20)23/h12-14H,1-11H2,(H2,20,23). The minimum Gasteiger partial charge on any atom is -0.369 e. The zero-order chi connectivity index (χ0) is 16.2. The highest BCUT2D eigenvalue weighted by atomic mass is 79.9. The molecule has 4 aliphatic carbocycles. The Hall–Kier alpha value is -0.580. The molecule has 4 bridgehead atoms. The monoisotopic (exact) mass is 382 g/mol. The summed E-state index contributed by atoms with van der Waals surface area (Å²) in [5.74, 6) is 1.71. The lowest BCUT2D eigenvalue weighted by Gasteiger charge is -2.60. The van der Waals surface area contributed by atoms with Crippen LogP contribution < -0.4 is 5.73 Å². The molecular formula is C18H27BrN2O2. The van der Waals surface area contributed by atoms with Crippen LogP contribution >= 0.6 is 15.9 Å². The van der Waals surface area contributed by atoms with Crippen molar-refractivity contribution >= 4 is 27.7 Å². The molecule has 0 aromatic carbocycles. The van der Waals surface area contributed by atoms with Crippen molar-refractivity contribution in [2.45, 2.75) is 62.1 Å². The van der Waals surface area contributed by atoms with Gasteiger partial charge in [0.15, 0.2) is 0 Å². The third-order valence-electron chi connectivity index (χ3n) is 6.89. The maximum Gasteiger partial charge on any atom is 0.223 e. The molecule has 1 saturated heterocycles. The fourth-order valence-corrected chi connectivity index (χ4v) is 7.90. The van der Waals surface area contributed by atoms with Gasteiger partial charge in [0.2, 0.25) is 11.8 Å². The van der Waals surface area contributed by atoms with Crippen LogP contribution in [0.3, 0.4) is 0 Å². The van der Waals surface area contributed by atoms with Crippen molar-refractivity contribution < 1.29 is 9.59 Å². The molecule has 0 spiro atoms. The molecule has 4 nitrogen and oxygen atoms in total. The van der Waals surface area contributed by atoms with Crippen LogP contribution in [-0.4, -0.2) is 34.1 Å². The first kappa shape index (κ1) is 15.9. The van der Waals surface area contributed by atoms with Gasteiger partial charge in [-0.15, -0.1) is 0 Å². The number of rotatable bonds is 3. The minimum atomic E-state index is -0.209. The molecule has 5 rings (SSSR count). The summed E-state index contributed by atoms with van der Waals surface area (Å²) >= 11 is 4.03. The molecule has 5 heteroatoms. The highest BCUT2D eigenvalue weighted by Crippen LogP contribution is 2.65. The molecule has 5 fully saturated rings. The van der Waals surface area contributed by atoms with E-state index in [0.29, 0.717) is 29.7 Å². The van der Waals surface area contributed by atoms with Crippen molar-refractivity contribution in [3.05, 3.63) is 0 Å². The highest BCUT2D eigenvalue weighted by Gasteiger charge is 2.57. The zero-order valence-electron chi connectivity index (χ0n) is 13.7. The summed E-state index contributed by atoms with van der Waals surface area (Å²) < 4.78 is 0.316. The summed E-state index contributed by atoms with van der Waals surface area (Å²) in [6, 6.07) is 0. The second-order valence-corrected chi connectivity index (χ2v) is 10.5. The Kier molecular flexibility index (Phi) is 3.78. The number of likely N-dealkylation sites (tertiary alicyclic amines) is 1. The topological polar surface area (TPSA) is 63.4 Å². The van der Waals surface area contributed by atoms with Gasteiger partial charge >= 0.3 is 0 Å². The molecule has 0 aromatic heterocycles. The smallest absolute Gasteiger partial charge is 0.223 e. The van der Waals surface area contributed by atoms with Gasteiger partial charge in [0.1, 0.15) is 0 Å². The zero-order valence-corrected chi connectivity index (χ0v) is 15.3. The van der Waals surface area contributed by atoms with Crippen LogP contribution in [0, 0.1) is 23.2 Å². The molecule has 5 aliphatic rings. The molecule has 128 valence electrons. The number of carbonyl (C=O) groups excluding carboxylic acids is 2. The third-order valence-corrected chi connectivity index (χ3v) is 7.81. The van der Waals surface area contributed by atoms with E-state index in [-0.39, 0.29) is 17.2 Å². The first-order chi connectivity index (χ1) is 10.9. The van der Waals surface area contributed by atoms with E-state index in [2.05, 4.69) is 15.9 Å². The average molecular weight is 383 g/mol. The van der Waals surface area contributed by atoms with Gasteiger partial charge in [0.05, 0.1) is 0 Å². The SMILES string of the molecule is NC(=O)C1CCN(C(=O)CC23CC4CC(CC(Br)(C4)C2)C3)CC1. The van der Waals surface area contributed by atoms with Gasteiger partial charge in [0, 0.05) is 29.8 Å². The van der Waals surface area contributed by atoms with Gasteiger partial charge < -0.3 is 10.6 Å². The van der Waals surface area contributed by atoms with Crippen LogP contribution in [0.5, 0.6) is 0 Å². The summed E-state index contributed by atoms with van der Waals surface area (Å²) in [7, 11) is 0. The second-order valence-electron chi connectivity index (χ2n) is 8.85. The Morgan fingerprint density at radius 3 is 2.22 bits per heavy atom. The number of primary amides is 1. The first-order valence-corrected chi connectivity index (χ1v) is 9.92. The van der Waals surface area contributed by atoms with Crippen LogP contribution in [-0.2, 0) is 9.59 Å². The maximum atomic E-state index is 12.9. The van der Waals surface area contributed by atoms with Crippen molar-refractivity contribution in [2.24, 2.45) is 28.9 Å². The molecule has 1 aliphatic heterocycles. The van der Waals surface area contributed by atoms with Gasteiger partial charge in [-0.3, -0.25) is 9.59 Å². The average Bonchev–Trinajstić information content (AvgIpc) is 2.44. The highest BCUT2D eigenvalue weighted by molar-refractivity contribution is 9.10. The largest absolute Gasteiger partial charge is 0.369 e. The normalized spacial score (nSPS) is 42.9. The Labute approximate surface area is 146 Å². The van der Waals surface area contributed by atoms with E-state index in [1.807, 2.05) is 4.90 Å². The van der Waals surface area contributed by atoms with Crippen LogP contribution in [0.15, 0.2) is 0 Å². The summed E-state index contributed by atoms with van der Waals surface area (Å²) in [5.41, 5.74) is 5.63. The fraction of sp³-hybridized carbons (Fsp3) is 0.889. The summed E-state index contributed by atoms with van der Waals surface area (Å²) in [5, 5.41) is 0. The molecule has 23 heavy (non-hydrogen) atoms. The molecule has 2 amide bonds. The van der Waals surface area contributed by atoms with Crippen molar-refractivity contribution in [1.82, 2.24) is 4.90 Å². The molecule has 1 heterocycles. The predicted molar refractivity (Wildman–Crippen MR) is 91.9 cm³/mol. The van der Waals surface area contributed by atoms with Crippen molar-refractivity contribution in [2.75, 3.05) is 13.1 Å². The number of carbonyl (C=O) groups is 2. The van der Waals surface area contributed by atoms with E-state index in [1.165, 1.54) is 38.5 Å². The number of nitrogens with two attached hydrogens (primary N) is 1. The third kappa shape index (κ3) is 2.94. The lowest BCUT2D eigenvalue weighted by Crippen LogP contribution is -2.54. The minimum absolute atomic E-state index is 0.0376. The Bertz CT molecular complexity index is 513. The van der Waals surface area contributed by atoms with E-state index in [1.54, 1.807) is 0 Å².